The summed E-state index contributed by atoms with van der Waals surface area (Å²) in [5.41, 5.74) is 2.89. The van der Waals surface area contributed by atoms with Crippen molar-refractivity contribution in [3.8, 4) is 11.4 Å². The van der Waals surface area contributed by atoms with E-state index in [-0.39, 0.29) is 41.1 Å². The van der Waals surface area contributed by atoms with Gasteiger partial charge in [-0.2, -0.15) is 5.10 Å². The molecule has 238 valence electrons. The van der Waals surface area contributed by atoms with Crippen molar-refractivity contribution in [2.75, 3.05) is 12.9 Å². The van der Waals surface area contributed by atoms with Crippen LogP contribution in [0.1, 0.15) is 44.6 Å². The van der Waals surface area contributed by atoms with Crippen LogP contribution in [-0.2, 0) is 11.3 Å². The van der Waals surface area contributed by atoms with Crippen LogP contribution in [0, 0.1) is 17.0 Å². The Morgan fingerprint density at radius 3 is 2.53 bits per heavy atom. The third-order valence-electron chi connectivity index (χ3n) is 7.67. The number of nitro groups is 1. The molecule has 1 atom stereocenters. The minimum absolute atomic E-state index is 0.00248. The van der Waals surface area contributed by atoms with E-state index in [2.05, 4.69) is 15.5 Å². The quantitative estimate of drug-likeness (QED) is 0.103. The molecule has 0 spiro atoms. The van der Waals surface area contributed by atoms with Gasteiger partial charge in [-0.05, 0) is 54.3 Å². The Hall–Kier alpha value is -5.34. The van der Waals surface area contributed by atoms with Gasteiger partial charge in [-0.1, -0.05) is 54.2 Å². The van der Waals surface area contributed by atoms with E-state index in [1.165, 1.54) is 36.9 Å². The zero-order chi connectivity index (χ0) is 32.9. The summed E-state index contributed by atoms with van der Waals surface area (Å²) in [5.74, 6) is 0.528. The Labute approximate surface area is 278 Å². The molecule has 1 N–H and O–H groups in total. The second kappa shape index (κ2) is 14.0. The minimum atomic E-state index is -0.515. The van der Waals surface area contributed by atoms with Crippen molar-refractivity contribution in [1.29, 1.82) is 0 Å². The van der Waals surface area contributed by atoms with Crippen LogP contribution >= 0.6 is 23.1 Å². The predicted molar refractivity (Wildman–Crippen MR) is 179 cm³/mol. The van der Waals surface area contributed by atoms with E-state index >= 15 is 0 Å². The van der Waals surface area contributed by atoms with Gasteiger partial charge in [0.15, 0.2) is 11.0 Å². The number of methoxy groups -OCH3 is 1. The third kappa shape index (κ3) is 6.78. The number of rotatable bonds is 11. The van der Waals surface area contributed by atoms with Crippen LogP contribution in [-0.4, -0.2) is 55.1 Å². The van der Waals surface area contributed by atoms with Gasteiger partial charge in [-0.15, -0.1) is 21.5 Å². The summed E-state index contributed by atoms with van der Waals surface area (Å²) in [6.45, 7) is 1.54. The fourth-order valence-electron chi connectivity index (χ4n) is 5.28. The lowest BCUT2D eigenvalue weighted by Crippen LogP contribution is -2.28. The first kappa shape index (κ1) is 31.6. The number of benzene rings is 3. The van der Waals surface area contributed by atoms with E-state index in [1.807, 2.05) is 72.1 Å². The van der Waals surface area contributed by atoms with Crippen LogP contribution in [0.4, 0.5) is 5.69 Å². The number of thioether (sulfide) groups is 1. The van der Waals surface area contributed by atoms with Crippen molar-refractivity contribution >= 4 is 46.3 Å². The Balaban J connectivity index is 1.22. The highest BCUT2D eigenvalue weighted by Gasteiger charge is 2.34. The highest BCUT2D eigenvalue weighted by molar-refractivity contribution is 7.99. The maximum absolute atomic E-state index is 13.8. The average Bonchev–Trinajstić information content (AvgIpc) is 3.87. The number of para-hydroxylation sites is 1. The first-order chi connectivity index (χ1) is 22.8. The number of nitrogens with zero attached hydrogens (tertiary/aromatic N) is 6. The molecule has 47 heavy (non-hydrogen) atoms. The van der Waals surface area contributed by atoms with Crippen molar-refractivity contribution in [3.63, 3.8) is 0 Å². The van der Waals surface area contributed by atoms with Gasteiger partial charge in [-0.3, -0.25) is 24.3 Å². The number of thiophene rings is 1. The van der Waals surface area contributed by atoms with Crippen molar-refractivity contribution in [2.24, 2.45) is 5.10 Å². The monoisotopic (exact) mass is 667 g/mol. The Kier molecular flexibility index (Phi) is 9.40. The van der Waals surface area contributed by atoms with Crippen LogP contribution in [0.5, 0.6) is 5.75 Å². The molecule has 6 rings (SSSR count). The molecule has 5 aromatic rings. The van der Waals surface area contributed by atoms with E-state index in [9.17, 15) is 19.7 Å². The zero-order valence-electron chi connectivity index (χ0n) is 25.4. The number of amides is 2. The van der Waals surface area contributed by atoms with Gasteiger partial charge >= 0.3 is 0 Å². The number of nitrogens with one attached hydrogen (secondary N) is 1. The summed E-state index contributed by atoms with van der Waals surface area (Å²) in [5, 5.41) is 31.6. The second-order valence-corrected chi connectivity index (χ2v) is 12.4. The number of aromatic nitrogens is 3. The van der Waals surface area contributed by atoms with Crippen molar-refractivity contribution in [3.05, 3.63) is 128 Å². The van der Waals surface area contributed by atoms with Crippen LogP contribution < -0.4 is 10.1 Å². The smallest absolute Gasteiger partial charge is 0.273 e. The summed E-state index contributed by atoms with van der Waals surface area (Å²) in [4.78, 5) is 38.7. The van der Waals surface area contributed by atoms with Crippen molar-refractivity contribution < 1.29 is 19.2 Å². The van der Waals surface area contributed by atoms with E-state index in [0.717, 1.165) is 27.6 Å². The van der Waals surface area contributed by atoms with Gasteiger partial charge in [0.1, 0.15) is 5.75 Å². The maximum Gasteiger partial charge on any atom is 0.273 e. The molecule has 0 saturated heterocycles. The molecule has 2 aromatic heterocycles. The fraction of sp³-hybridized carbons (Fsp3) is 0.182. The summed E-state index contributed by atoms with van der Waals surface area (Å²) < 4.78 is 7.10. The van der Waals surface area contributed by atoms with Crippen LogP contribution in [0.25, 0.3) is 5.69 Å². The van der Waals surface area contributed by atoms with E-state index in [4.69, 9.17) is 9.84 Å². The molecule has 1 aliphatic rings. The number of carbonyl (C=O) groups is 2. The van der Waals surface area contributed by atoms with Gasteiger partial charge in [0, 0.05) is 29.3 Å². The lowest BCUT2D eigenvalue weighted by atomic mass is 10.0. The predicted octanol–water partition coefficient (Wildman–Crippen LogP) is 5.95. The molecule has 0 bridgehead atoms. The molecule has 3 aromatic carbocycles. The molecule has 2 amide bonds. The van der Waals surface area contributed by atoms with E-state index < -0.39 is 10.8 Å². The lowest BCUT2D eigenvalue weighted by Gasteiger charge is -2.22. The second-order valence-electron chi connectivity index (χ2n) is 10.5. The first-order valence-electron chi connectivity index (χ1n) is 14.6. The SMILES string of the molecule is COc1ccc(C2CC(c3cccs3)=NN2C(=O)CSc2nnc(CNC(=O)c3cccc([N+](=O)[O-])c3C)n2-c2ccccc2)cc1. The molecule has 0 aliphatic carbocycles. The summed E-state index contributed by atoms with van der Waals surface area (Å²) in [6, 6.07) is 25.1. The lowest BCUT2D eigenvalue weighted by molar-refractivity contribution is -0.385. The summed E-state index contributed by atoms with van der Waals surface area (Å²) >= 11 is 2.80. The molecule has 0 saturated carbocycles. The number of hydrazone groups is 1. The average molecular weight is 668 g/mol. The zero-order valence-corrected chi connectivity index (χ0v) is 27.0. The number of ether oxygens (including phenoxy) is 1. The highest BCUT2D eigenvalue weighted by atomic mass is 32.2. The molecular formula is C33H29N7O5S2. The third-order valence-corrected chi connectivity index (χ3v) is 9.50. The molecule has 0 fully saturated rings. The number of carbonyl (C=O) groups excluding carboxylic acids is 2. The molecule has 12 nitrogen and oxygen atoms in total. The van der Waals surface area contributed by atoms with Gasteiger partial charge in [-0.25, -0.2) is 5.01 Å². The molecule has 14 heteroatoms. The van der Waals surface area contributed by atoms with Gasteiger partial charge in [0.05, 0.1) is 41.0 Å². The van der Waals surface area contributed by atoms with Crippen molar-refractivity contribution in [1.82, 2.24) is 25.1 Å². The number of hydrogen-bond donors (Lipinski definition) is 1. The van der Waals surface area contributed by atoms with Crippen LogP contribution in [0.15, 0.2) is 101 Å². The molecule has 3 heterocycles. The largest absolute Gasteiger partial charge is 0.497 e. The van der Waals surface area contributed by atoms with E-state index in [0.29, 0.717) is 17.4 Å². The van der Waals surface area contributed by atoms with Gasteiger partial charge in [0.2, 0.25) is 0 Å². The topological polar surface area (TPSA) is 145 Å². The van der Waals surface area contributed by atoms with E-state index in [1.54, 1.807) is 28.0 Å². The Morgan fingerprint density at radius 2 is 1.83 bits per heavy atom. The van der Waals surface area contributed by atoms with Crippen LogP contribution in [0.3, 0.4) is 0 Å². The highest BCUT2D eigenvalue weighted by Crippen LogP contribution is 2.35. The molecule has 1 aliphatic heterocycles. The molecular weight excluding hydrogens is 639 g/mol. The normalized spacial score (nSPS) is 14.1. The standard InChI is InChI=1S/C33H29N7O5S2/c1-21-25(10-6-11-27(21)40(43)44)32(42)34-19-30-35-36-33(38(30)23-8-4-3-5-9-23)47-20-31(41)39-28(22-13-15-24(45-2)16-14-22)18-26(37-39)29-12-7-17-46-29/h3-17,28H,18-20H2,1-2H3,(H,34,42). The van der Waals surface area contributed by atoms with Gasteiger partial charge in [0.25, 0.3) is 17.5 Å². The maximum atomic E-state index is 13.8. The first-order valence-corrected chi connectivity index (χ1v) is 16.4. The molecule has 1 unspecified atom stereocenters. The number of nitro benzene ring substituents is 1. The van der Waals surface area contributed by atoms with Crippen LogP contribution in [0.2, 0.25) is 0 Å². The Morgan fingerprint density at radius 1 is 1.04 bits per heavy atom. The summed E-state index contributed by atoms with van der Waals surface area (Å²) in [6.07, 6.45) is 0.581. The Bertz CT molecular complexity index is 1940. The summed E-state index contributed by atoms with van der Waals surface area (Å²) in [7, 11) is 1.61. The minimum Gasteiger partial charge on any atom is -0.497 e. The van der Waals surface area contributed by atoms with Crippen molar-refractivity contribution in [2.45, 2.75) is 31.1 Å². The molecule has 0 radical (unpaired) electrons. The number of hydrogen-bond acceptors (Lipinski definition) is 10. The fourth-order valence-corrected chi connectivity index (χ4v) is 6.82. The van der Waals surface area contributed by atoms with Gasteiger partial charge < -0.3 is 10.1 Å².